The van der Waals surface area contributed by atoms with Crippen molar-refractivity contribution in [3.8, 4) is 0 Å². The largest absolute Gasteiger partial charge is 0.481 e. The van der Waals surface area contributed by atoms with Crippen LogP contribution in [0, 0.1) is 5.92 Å². The van der Waals surface area contributed by atoms with Crippen LogP contribution in [0.2, 0.25) is 0 Å². The molecule has 0 unspecified atom stereocenters. The second-order valence-electron chi connectivity index (χ2n) is 8.24. The van der Waals surface area contributed by atoms with Gasteiger partial charge in [0.05, 0.1) is 12.0 Å². The number of carboxylic acid groups (broad SMARTS) is 1. The molecule has 0 spiro atoms. The Morgan fingerprint density at radius 1 is 1.00 bits per heavy atom. The molecule has 0 aromatic carbocycles. The molecule has 0 radical (unpaired) electrons. The maximum absolute atomic E-state index is 14.5. The molecule has 0 aromatic heterocycles. The summed E-state index contributed by atoms with van der Waals surface area (Å²) in [6.07, 6.45) is -4.07. The molecular formula is C18H30FNO7. The van der Waals surface area contributed by atoms with E-state index in [9.17, 15) is 28.7 Å². The van der Waals surface area contributed by atoms with Gasteiger partial charge in [-0.15, -0.1) is 0 Å². The lowest BCUT2D eigenvalue weighted by atomic mass is 9.92. The number of rotatable bonds is 8. The van der Waals surface area contributed by atoms with E-state index < -0.39 is 59.6 Å². The number of hydrogen-bond acceptors (Lipinski definition) is 6. The SMILES string of the molecule is C[C@H](NC(=O)OC(C)(C)C)C(=O)[C@@H](F)[C@H](CCC(=O)OC(C)(C)C)C(=O)O. The molecule has 3 atom stereocenters. The number of amides is 1. The fourth-order valence-corrected chi connectivity index (χ4v) is 2.05. The van der Waals surface area contributed by atoms with Gasteiger partial charge < -0.3 is 19.9 Å². The first-order valence-electron chi connectivity index (χ1n) is 8.65. The number of carbonyl (C=O) groups is 4. The van der Waals surface area contributed by atoms with Gasteiger partial charge in [0.1, 0.15) is 11.2 Å². The van der Waals surface area contributed by atoms with E-state index in [0.717, 1.165) is 0 Å². The van der Waals surface area contributed by atoms with Gasteiger partial charge in [-0.05, 0) is 54.9 Å². The van der Waals surface area contributed by atoms with Gasteiger partial charge >= 0.3 is 18.0 Å². The zero-order valence-corrected chi connectivity index (χ0v) is 16.9. The summed E-state index contributed by atoms with van der Waals surface area (Å²) in [5.41, 5.74) is -1.56. The lowest BCUT2D eigenvalue weighted by Crippen LogP contribution is -2.47. The highest BCUT2D eigenvalue weighted by atomic mass is 19.1. The van der Waals surface area contributed by atoms with Crippen molar-refractivity contribution < 1.29 is 38.1 Å². The summed E-state index contributed by atoms with van der Waals surface area (Å²) in [7, 11) is 0. The second kappa shape index (κ2) is 9.66. The minimum atomic E-state index is -2.39. The van der Waals surface area contributed by atoms with Gasteiger partial charge in [-0.2, -0.15) is 0 Å². The molecule has 0 heterocycles. The molecular weight excluding hydrogens is 361 g/mol. The summed E-state index contributed by atoms with van der Waals surface area (Å²) in [6, 6.07) is -1.29. The maximum atomic E-state index is 14.5. The first-order valence-corrected chi connectivity index (χ1v) is 8.65. The highest BCUT2D eigenvalue weighted by molar-refractivity contribution is 5.93. The molecule has 0 aliphatic carbocycles. The van der Waals surface area contributed by atoms with E-state index >= 15 is 0 Å². The zero-order chi connectivity index (χ0) is 21.6. The summed E-state index contributed by atoms with van der Waals surface area (Å²) >= 11 is 0. The normalized spacial score (nSPS) is 15.3. The Labute approximate surface area is 158 Å². The van der Waals surface area contributed by atoms with Crippen LogP contribution in [-0.2, 0) is 23.9 Å². The first kappa shape index (κ1) is 24.8. The molecule has 1 amide bonds. The molecule has 0 aliphatic heterocycles. The van der Waals surface area contributed by atoms with Crippen LogP contribution < -0.4 is 5.32 Å². The van der Waals surface area contributed by atoms with Crippen molar-refractivity contribution in [2.75, 3.05) is 0 Å². The number of carbonyl (C=O) groups excluding carboxylic acids is 3. The third-order valence-electron chi connectivity index (χ3n) is 3.18. The minimum Gasteiger partial charge on any atom is -0.481 e. The smallest absolute Gasteiger partial charge is 0.408 e. The zero-order valence-electron chi connectivity index (χ0n) is 16.9. The summed E-state index contributed by atoms with van der Waals surface area (Å²) in [5.74, 6) is -5.08. The lowest BCUT2D eigenvalue weighted by molar-refractivity contribution is -0.156. The average Bonchev–Trinajstić information content (AvgIpc) is 2.41. The number of ether oxygens (including phenoxy) is 2. The fraction of sp³-hybridized carbons (Fsp3) is 0.778. The Morgan fingerprint density at radius 3 is 1.89 bits per heavy atom. The van der Waals surface area contributed by atoms with E-state index in [1.54, 1.807) is 41.5 Å². The summed E-state index contributed by atoms with van der Waals surface area (Å²) < 4.78 is 24.5. The van der Waals surface area contributed by atoms with E-state index in [2.05, 4.69) is 5.32 Å². The van der Waals surface area contributed by atoms with Crippen LogP contribution in [0.5, 0.6) is 0 Å². The number of nitrogens with one attached hydrogen (secondary N) is 1. The van der Waals surface area contributed by atoms with Gasteiger partial charge in [-0.3, -0.25) is 14.4 Å². The Balaban J connectivity index is 4.87. The number of aliphatic carboxylic acids is 1. The Kier molecular flexibility index (Phi) is 8.88. The van der Waals surface area contributed by atoms with Gasteiger partial charge in [0.15, 0.2) is 12.0 Å². The van der Waals surface area contributed by atoms with Crippen molar-refractivity contribution in [3.05, 3.63) is 0 Å². The molecule has 8 nitrogen and oxygen atoms in total. The summed E-state index contributed by atoms with van der Waals surface area (Å²) in [5, 5.41) is 11.4. The number of esters is 1. The maximum Gasteiger partial charge on any atom is 0.408 e. The van der Waals surface area contributed by atoms with Gasteiger partial charge in [0.2, 0.25) is 0 Å². The van der Waals surface area contributed by atoms with Crippen molar-refractivity contribution in [2.24, 2.45) is 5.92 Å². The number of hydrogen-bond donors (Lipinski definition) is 2. The quantitative estimate of drug-likeness (QED) is 0.610. The highest BCUT2D eigenvalue weighted by Gasteiger charge is 2.37. The number of alkyl halides is 1. The number of ketones is 1. The topological polar surface area (TPSA) is 119 Å². The minimum absolute atomic E-state index is 0.351. The molecule has 2 N–H and O–H groups in total. The van der Waals surface area contributed by atoms with Crippen LogP contribution in [0.3, 0.4) is 0 Å². The van der Waals surface area contributed by atoms with Crippen molar-refractivity contribution in [2.45, 2.75) is 84.7 Å². The van der Waals surface area contributed by atoms with Crippen molar-refractivity contribution >= 4 is 23.8 Å². The van der Waals surface area contributed by atoms with Crippen LogP contribution in [0.25, 0.3) is 0 Å². The molecule has 0 saturated heterocycles. The van der Waals surface area contributed by atoms with E-state index in [0.29, 0.717) is 0 Å². The second-order valence-corrected chi connectivity index (χ2v) is 8.24. The van der Waals surface area contributed by atoms with Crippen LogP contribution in [0.1, 0.15) is 61.3 Å². The van der Waals surface area contributed by atoms with Gasteiger partial charge in [-0.25, -0.2) is 9.18 Å². The Hall–Kier alpha value is -2.19. The van der Waals surface area contributed by atoms with Gasteiger partial charge in [0, 0.05) is 6.42 Å². The van der Waals surface area contributed by atoms with E-state index in [-0.39, 0.29) is 6.42 Å². The summed E-state index contributed by atoms with van der Waals surface area (Å²) in [4.78, 5) is 46.8. The van der Waals surface area contributed by atoms with Crippen LogP contribution >= 0.6 is 0 Å². The Morgan fingerprint density at radius 2 is 1.48 bits per heavy atom. The number of carboxylic acids is 1. The molecule has 0 rings (SSSR count). The number of alkyl carbamates (subject to hydrolysis) is 1. The van der Waals surface area contributed by atoms with Gasteiger partial charge in [0.25, 0.3) is 0 Å². The fourth-order valence-electron chi connectivity index (χ4n) is 2.05. The van der Waals surface area contributed by atoms with E-state index in [1.165, 1.54) is 6.92 Å². The highest BCUT2D eigenvalue weighted by Crippen LogP contribution is 2.20. The molecule has 0 aromatic rings. The van der Waals surface area contributed by atoms with E-state index in [4.69, 9.17) is 9.47 Å². The van der Waals surface area contributed by atoms with Crippen LogP contribution in [-0.4, -0.2) is 52.3 Å². The lowest BCUT2D eigenvalue weighted by Gasteiger charge is -2.23. The molecule has 0 aliphatic rings. The number of halogens is 1. The molecule has 0 bridgehead atoms. The molecule has 156 valence electrons. The first-order chi connectivity index (χ1) is 12.0. The molecule has 9 heteroatoms. The van der Waals surface area contributed by atoms with E-state index in [1.807, 2.05) is 0 Å². The third kappa shape index (κ3) is 10.5. The number of Topliss-reactive ketones (excluding diaryl/α,β-unsaturated/α-hetero) is 1. The predicted molar refractivity (Wildman–Crippen MR) is 94.9 cm³/mol. The average molecular weight is 391 g/mol. The molecule has 0 fully saturated rings. The standard InChI is InChI=1S/C18H30FNO7/c1-10(20-16(25)27-18(5,6)7)14(22)13(19)11(15(23)24)8-9-12(21)26-17(2,3)4/h10-11,13H,8-9H2,1-7H3,(H,20,25)(H,23,24)/t10-,11-,13-/m0/s1. The Bertz CT molecular complexity index is 563. The van der Waals surface area contributed by atoms with Crippen LogP contribution in [0.4, 0.5) is 9.18 Å². The summed E-state index contributed by atoms with van der Waals surface area (Å²) in [6.45, 7) is 11.0. The van der Waals surface area contributed by atoms with Crippen molar-refractivity contribution in [1.82, 2.24) is 5.32 Å². The monoisotopic (exact) mass is 391 g/mol. The van der Waals surface area contributed by atoms with Crippen molar-refractivity contribution in [3.63, 3.8) is 0 Å². The third-order valence-corrected chi connectivity index (χ3v) is 3.18. The van der Waals surface area contributed by atoms with Crippen LogP contribution in [0.15, 0.2) is 0 Å². The molecule has 0 saturated carbocycles. The molecule has 27 heavy (non-hydrogen) atoms. The predicted octanol–water partition coefficient (Wildman–Crippen LogP) is 2.63. The van der Waals surface area contributed by atoms with Crippen molar-refractivity contribution in [1.29, 1.82) is 0 Å². The van der Waals surface area contributed by atoms with Gasteiger partial charge in [-0.1, -0.05) is 0 Å².